The molecule has 3 aliphatic carbocycles. The van der Waals surface area contributed by atoms with Crippen LogP contribution < -0.4 is 10.6 Å². The largest absolute Gasteiger partial charge is 0.469 e. The first-order chi connectivity index (χ1) is 11.0. The molecule has 1 aromatic rings. The monoisotopic (exact) mass is 314 g/mol. The van der Waals surface area contributed by atoms with Crippen molar-refractivity contribution in [2.75, 3.05) is 12.4 Å². The lowest BCUT2D eigenvalue weighted by molar-refractivity contribution is -0.160. The number of ether oxygens (including phenoxy) is 1. The summed E-state index contributed by atoms with van der Waals surface area (Å²) in [5.41, 5.74) is 0.994. The molecule has 5 heteroatoms. The third-order valence-electron chi connectivity index (χ3n) is 6.16. The van der Waals surface area contributed by atoms with Crippen molar-refractivity contribution in [1.29, 1.82) is 0 Å². The van der Waals surface area contributed by atoms with Crippen LogP contribution in [0.2, 0.25) is 0 Å². The molecule has 23 heavy (non-hydrogen) atoms. The van der Waals surface area contributed by atoms with Crippen LogP contribution in [0.4, 0.5) is 5.69 Å². The highest BCUT2D eigenvalue weighted by atomic mass is 16.5. The maximum Gasteiger partial charge on any atom is 0.309 e. The third-order valence-corrected chi connectivity index (χ3v) is 6.16. The van der Waals surface area contributed by atoms with E-state index < -0.39 is 5.66 Å². The van der Waals surface area contributed by atoms with Crippen molar-refractivity contribution in [3.8, 4) is 0 Å². The van der Waals surface area contributed by atoms with Crippen LogP contribution in [0.25, 0.3) is 0 Å². The Bertz CT molecular complexity index is 689. The van der Waals surface area contributed by atoms with E-state index in [0.29, 0.717) is 5.56 Å². The molecule has 122 valence electrons. The molecule has 1 spiro atoms. The molecule has 1 aromatic carbocycles. The van der Waals surface area contributed by atoms with Gasteiger partial charge in [0.25, 0.3) is 5.91 Å². The minimum Gasteiger partial charge on any atom is -0.469 e. The van der Waals surface area contributed by atoms with Crippen molar-refractivity contribution in [1.82, 2.24) is 5.32 Å². The van der Waals surface area contributed by atoms with Gasteiger partial charge in [0, 0.05) is 11.6 Å². The lowest BCUT2D eigenvalue weighted by Crippen LogP contribution is -2.69. The van der Waals surface area contributed by atoms with E-state index in [1.165, 1.54) is 7.11 Å². The molecule has 4 atom stereocenters. The summed E-state index contributed by atoms with van der Waals surface area (Å²) in [6, 6.07) is 7.61. The van der Waals surface area contributed by atoms with Crippen molar-refractivity contribution in [2.24, 2.45) is 17.3 Å². The highest BCUT2D eigenvalue weighted by molar-refractivity contribution is 6.02. The number of anilines is 1. The second kappa shape index (κ2) is 4.73. The van der Waals surface area contributed by atoms with Crippen molar-refractivity contribution in [2.45, 2.75) is 38.3 Å². The van der Waals surface area contributed by atoms with Gasteiger partial charge in [-0.3, -0.25) is 9.59 Å². The SMILES string of the molecule is COC(=O)[C@H]1C[C@H]2CC[C@@]1(C)C[C@]21NC(=O)c2ccccc2N1. The number of carbonyl (C=O) groups excluding carboxylic acids is 2. The average Bonchev–Trinajstić information content (AvgIpc) is 2.53. The van der Waals surface area contributed by atoms with Gasteiger partial charge in [0.15, 0.2) is 0 Å². The number of amides is 1. The molecule has 0 unspecified atom stereocenters. The van der Waals surface area contributed by atoms with E-state index in [0.717, 1.165) is 31.4 Å². The van der Waals surface area contributed by atoms with Crippen LogP contribution in [0.1, 0.15) is 43.0 Å². The van der Waals surface area contributed by atoms with Gasteiger partial charge >= 0.3 is 5.97 Å². The summed E-state index contributed by atoms with van der Waals surface area (Å²) in [5.74, 6) is 0.0261. The number of benzene rings is 1. The molecule has 1 heterocycles. The molecule has 1 amide bonds. The second-order valence-corrected chi connectivity index (χ2v) is 7.47. The topological polar surface area (TPSA) is 67.4 Å². The Hall–Kier alpha value is -2.04. The zero-order valence-corrected chi connectivity index (χ0v) is 13.5. The Kier molecular flexibility index (Phi) is 2.99. The number of rotatable bonds is 1. The van der Waals surface area contributed by atoms with Gasteiger partial charge in [0.2, 0.25) is 0 Å². The Morgan fingerprint density at radius 1 is 1.30 bits per heavy atom. The standard InChI is InChI=1S/C18H22N2O3/c1-17-8-7-11(9-13(17)16(22)23-2)18(10-17)19-14-6-4-3-5-12(14)15(21)20-18/h3-6,11,13,19H,7-10H2,1-2H3,(H,20,21)/t11-,13-,17+,18+/m1/s1. The third kappa shape index (κ3) is 1.98. The number of para-hydroxylation sites is 1. The van der Waals surface area contributed by atoms with E-state index in [-0.39, 0.29) is 29.1 Å². The number of esters is 1. The maximum atomic E-state index is 12.6. The van der Waals surface area contributed by atoms with Crippen LogP contribution in [0.3, 0.4) is 0 Å². The van der Waals surface area contributed by atoms with Crippen molar-refractivity contribution >= 4 is 17.6 Å². The van der Waals surface area contributed by atoms with E-state index in [1.807, 2.05) is 24.3 Å². The summed E-state index contributed by atoms with van der Waals surface area (Å²) in [5, 5.41) is 6.81. The number of nitrogens with one attached hydrogen (secondary N) is 2. The van der Waals surface area contributed by atoms with E-state index in [2.05, 4.69) is 17.6 Å². The van der Waals surface area contributed by atoms with E-state index >= 15 is 0 Å². The van der Waals surface area contributed by atoms with Crippen LogP contribution in [0.5, 0.6) is 0 Å². The highest BCUT2D eigenvalue weighted by Gasteiger charge is 2.60. The van der Waals surface area contributed by atoms with Gasteiger partial charge in [0.05, 0.1) is 18.6 Å². The van der Waals surface area contributed by atoms with Gasteiger partial charge in [-0.2, -0.15) is 0 Å². The van der Waals surface area contributed by atoms with Crippen molar-refractivity contribution in [3.63, 3.8) is 0 Å². The van der Waals surface area contributed by atoms with Crippen LogP contribution in [-0.2, 0) is 9.53 Å². The Morgan fingerprint density at radius 2 is 2.09 bits per heavy atom. The molecule has 5 nitrogen and oxygen atoms in total. The molecule has 1 aliphatic heterocycles. The number of carbonyl (C=O) groups is 2. The molecule has 2 bridgehead atoms. The van der Waals surface area contributed by atoms with Gasteiger partial charge in [0.1, 0.15) is 5.66 Å². The summed E-state index contributed by atoms with van der Waals surface area (Å²) in [6.07, 6.45) is 3.53. The van der Waals surface area contributed by atoms with Crippen LogP contribution in [-0.4, -0.2) is 24.6 Å². The summed E-state index contributed by atoms with van der Waals surface area (Å²) in [6.45, 7) is 2.15. The number of methoxy groups -OCH3 is 1. The Labute approximate surface area is 135 Å². The fourth-order valence-electron chi connectivity index (χ4n) is 4.95. The normalized spacial score (nSPS) is 37.7. The van der Waals surface area contributed by atoms with Crippen LogP contribution in [0, 0.1) is 17.3 Å². The molecular formula is C18H22N2O3. The van der Waals surface area contributed by atoms with E-state index in [9.17, 15) is 9.59 Å². The molecule has 0 radical (unpaired) electrons. The molecule has 2 N–H and O–H groups in total. The van der Waals surface area contributed by atoms with E-state index in [4.69, 9.17) is 4.74 Å². The summed E-state index contributed by atoms with van der Waals surface area (Å²) < 4.78 is 5.01. The predicted molar refractivity (Wildman–Crippen MR) is 85.8 cm³/mol. The molecule has 0 saturated heterocycles. The maximum absolute atomic E-state index is 12.6. The fraction of sp³-hybridized carbons (Fsp3) is 0.556. The van der Waals surface area contributed by atoms with Crippen LogP contribution in [0.15, 0.2) is 24.3 Å². The Morgan fingerprint density at radius 3 is 2.83 bits per heavy atom. The molecule has 3 fully saturated rings. The zero-order valence-electron chi connectivity index (χ0n) is 13.5. The molecular weight excluding hydrogens is 292 g/mol. The molecule has 0 aromatic heterocycles. The minimum absolute atomic E-state index is 0.0230. The van der Waals surface area contributed by atoms with Gasteiger partial charge in [-0.15, -0.1) is 0 Å². The summed E-state index contributed by atoms with van der Waals surface area (Å²) >= 11 is 0. The smallest absolute Gasteiger partial charge is 0.309 e. The van der Waals surface area contributed by atoms with Crippen molar-refractivity contribution < 1.29 is 14.3 Å². The van der Waals surface area contributed by atoms with Gasteiger partial charge in [-0.1, -0.05) is 19.1 Å². The fourth-order valence-corrected chi connectivity index (χ4v) is 4.95. The number of hydrogen-bond donors (Lipinski definition) is 2. The van der Waals surface area contributed by atoms with Gasteiger partial charge in [-0.25, -0.2) is 0 Å². The zero-order chi connectivity index (χ0) is 16.2. The Balaban J connectivity index is 1.70. The average molecular weight is 314 g/mol. The molecule has 3 saturated carbocycles. The van der Waals surface area contributed by atoms with Crippen molar-refractivity contribution in [3.05, 3.63) is 29.8 Å². The van der Waals surface area contributed by atoms with Gasteiger partial charge in [-0.05, 0) is 43.2 Å². The minimum atomic E-state index is -0.442. The number of hydrogen-bond acceptors (Lipinski definition) is 4. The first kappa shape index (κ1) is 14.5. The molecule has 5 rings (SSSR count). The predicted octanol–water partition coefficient (Wildman–Crippen LogP) is 2.54. The molecule has 4 aliphatic rings. The lowest BCUT2D eigenvalue weighted by atomic mass is 9.51. The van der Waals surface area contributed by atoms with Gasteiger partial charge < -0.3 is 15.4 Å². The first-order valence-electron chi connectivity index (χ1n) is 8.25. The highest BCUT2D eigenvalue weighted by Crippen LogP contribution is 2.58. The lowest BCUT2D eigenvalue weighted by Gasteiger charge is -2.60. The van der Waals surface area contributed by atoms with Crippen LogP contribution >= 0.6 is 0 Å². The summed E-state index contributed by atoms with van der Waals surface area (Å²) in [7, 11) is 1.46. The first-order valence-corrected chi connectivity index (χ1v) is 8.25. The number of fused-ring (bicyclic) bond motifs is 3. The quantitative estimate of drug-likeness (QED) is 0.782. The summed E-state index contributed by atoms with van der Waals surface area (Å²) in [4.78, 5) is 24.7. The second-order valence-electron chi connectivity index (χ2n) is 7.47. The van der Waals surface area contributed by atoms with E-state index in [1.54, 1.807) is 0 Å².